The third kappa shape index (κ3) is 4.13. The molecule has 0 N–H and O–H groups in total. The molecule has 22 heavy (non-hydrogen) atoms. The van der Waals surface area contributed by atoms with Crippen molar-refractivity contribution in [3.8, 4) is 11.5 Å². The van der Waals surface area contributed by atoms with Gasteiger partial charge in [0.1, 0.15) is 0 Å². The third-order valence-corrected chi connectivity index (χ3v) is 3.99. The van der Waals surface area contributed by atoms with Crippen LogP contribution in [-0.4, -0.2) is 50.8 Å². The maximum absolute atomic E-state index is 12.2. The molecular formula is C17H25NO4. The molecule has 1 fully saturated rings. The normalized spacial score (nSPS) is 18.1. The zero-order valence-corrected chi connectivity index (χ0v) is 13.6. The summed E-state index contributed by atoms with van der Waals surface area (Å²) in [6.45, 7) is 4.02. The molecular weight excluding hydrogens is 282 g/mol. The number of carbonyl (C=O) groups excluding carboxylic acids is 1. The fourth-order valence-corrected chi connectivity index (χ4v) is 2.72. The predicted octanol–water partition coefficient (Wildman–Crippen LogP) is 2.27. The second-order valence-electron chi connectivity index (χ2n) is 5.55. The summed E-state index contributed by atoms with van der Waals surface area (Å²) in [7, 11) is 3.25. The van der Waals surface area contributed by atoms with Gasteiger partial charge in [-0.1, -0.05) is 6.07 Å². The molecule has 5 heteroatoms. The molecule has 1 atom stereocenters. The van der Waals surface area contributed by atoms with Crippen molar-refractivity contribution in [1.29, 1.82) is 0 Å². The van der Waals surface area contributed by atoms with Crippen LogP contribution >= 0.6 is 0 Å². The quantitative estimate of drug-likeness (QED) is 0.809. The van der Waals surface area contributed by atoms with Crippen molar-refractivity contribution in [2.45, 2.75) is 32.2 Å². The molecule has 1 unspecified atom stereocenters. The van der Waals surface area contributed by atoms with E-state index < -0.39 is 0 Å². The average Bonchev–Trinajstić information content (AvgIpc) is 2.55. The van der Waals surface area contributed by atoms with Crippen LogP contribution in [0.1, 0.15) is 25.3 Å². The number of methoxy groups -OCH3 is 2. The van der Waals surface area contributed by atoms with E-state index in [1.807, 2.05) is 30.0 Å². The summed E-state index contributed by atoms with van der Waals surface area (Å²) >= 11 is 0. The van der Waals surface area contributed by atoms with Crippen LogP contribution in [0.2, 0.25) is 0 Å². The second kappa shape index (κ2) is 8.03. The highest BCUT2D eigenvalue weighted by Gasteiger charge is 2.22. The summed E-state index contributed by atoms with van der Waals surface area (Å²) in [5, 5.41) is 0. The van der Waals surface area contributed by atoms with E-state index in [2.05, 4.69) is 0 Å². The Labute approximate surface area is 132 Å². The van der Waals surface area contributed by atoms with Crippen LogP contribution in [0, 0.1) is 0 Å². The number of amides is 1. The maximum Gasteiger partial charge on any atom is 0.222 e. The predicted molar refractivity (Wildman–Crippen MR) is 84.5 cm³/mol. The summed E-state index contributed by atoms with van der Waals surface area (Å²) < 4.78 is 15.9. The summed E-state index contributed by atoms with van der Waals surface area (Å²) in [6.07, 6.45) is 2.25. The first-order valence-electron chi connectivity index (χ1n) is 7.73. The number of morpholine rings is 1. The molecule has 1 aromatic carbocycles. The highest BCUT2D eigenvalue weighted by atomic mass is 16.5. The van der Waals surface area contributed by atoms with Gasteiger partial charge in [-0.15, -0.1) is 0 Å². The SMILES string of the molecule is COc1ccc(CCCC(=O)N2CCOCC2C)cc1OC. The fraction of sp³-hybridized carbons (Fsp3) is 0.588. The van der Waals surface area contributed by atoms with Crippen LogP contribution in [-0.2, 0) is 16.0 Å². The van der Waals surface area contributed by atoms with Gasteiger partial charge < -0.3 is 19.1 Å². The molecule has 0 spiro atoms. The molecule has 122 valence electrons. The minimum absolute atomic E-state index is 0.183. The lowest BCUT2D eigenvalue weighted by atomic mass is 10.1. The largest absolute Gasteiger partial charge is 0.493 e. The molecule has 0 aromatic heterocycles. The first-order chi connectivity index (χ1) is 10.7. The van der Waals surface area contributed by atoms with E-state index in [-0.39, 0.29) is 11.9 Å². The Hall–Kier alpha value is -1.75. The lowest BCUT2D eigenvalue weighted by Crippen LogP contribution is -2.47. The average molecular weight is 307 g/mol. The van der Waals surface area contributed by atoms with Gasteiger partial charge in [0.05, 0.1) is 33.5 Å². The summed E-state index contributed by atoms with van der Waals surface area (Å²) in [5.74, 6) is 1.67. The van der Waals surface area contributed by atoms with E-state index >= 15 is 0 Å². The summed E-state index contributed by atoms with van der Waals surface area (Å²) in [4.78, 5) is 14.2. The Kier molecular flexibility index (Phi) is 6.07. The minimum Gasteiger partial charge on any atom is -0.493 e. The Balaban J connectivity index is 1.84. The summed E-state index contributed by atoms with van der Waals surface area (Å²) in [6, 6.07) is 6.08. The number of nitrogens with zero attached hydrogens (tertiary/aromatic N) is 1. The standard InChI is InChI=1S/C17H25NO4/c1-13-12-22-10-9-18(13)17(19)6-4-5-14-7-8-15(20-2)16(11-14)21-3/h7-8,11,13H,4-6,9-10,12H2,1-3H3. The number of hydrogen-bond acceptors (Lipinski definition) is 4. The molecule has 1 saturated heterocycles. The number of aryl methyl sites for hydroxylation is 1. The number of rotatable bonds is 6. The van der Waals surface area contributed by atoms with Crippen LogP contribution in [0.3, 0.4) is 0 Å². The molecule has 1 aliphatic rings. The van der Waals surface area contributed by atoms with Crippen molar-refractivity contribution in [3.63, 3.8) is 0 Å². The van der Waals surface area contributed by atoms with Crippen LogP contribution < -0.4 is 9.47 Å². The zero-order valence-electron chi connectivity index (χ0n) is 13.6. The zero-order chi connectivity index (χ0) is 15.9. The van der Waals surface area contributed by atoms with Crippen molar-refractivity contribution >= 4 is 5.91 Å². The van der Waals surface area contributed by atoms with Gasteiger partial charge in [-0.2, -0.15) is 0 Å². The van der Waals surface area contributed by atoms with Crippen LogP contribution in [0.25, 0.3) is 0 Å². The van der Waals surface area contributed by atoms with Gasteiger partial charge in [-0.05, 0) is 37.5 Å². The third-order valence-electron chi connectivity index (χ3n) is 3.99. The molecule has 1 aliphatic heterocycles. The lowest BCUT2D eigenvalue weighted by Gasteiger charge is -2.33. The molecule has 0 saturated carbocycles. The Bertz CT molecular complexity index is 503. The summed E-state index contributed by atoms with van der Waals surface area (Å²) in [5.41, 5.74) is 1.15. The van der Waals surface area contributed by atoms with Crippen LogP contribution in [0.4, 0.5) is 0 Å². The van der Waals surface area contributed by atoms with E-state index in [0.29, 0.717) is 26.2 Å². The molecule has 1 aromatic rings. The first kappa shape index (κ1) is 16.6. The Morgan fingerprint density at radius 2 is 2.09 bits per heavy atom. The number of hydrogen-bond donors (Lipinski definition) is 0. The number of benzene rings is 1. The van der Waals surface area contributed by atoms with Crippen molar-refractivity contribution in [2.75, 3.05) is 34.0 Å². The highest BCUT2D eigenvalue weighted by molar-refractivity contribution is 5.76. The highest BCUT2D eigenvalue weighted by Crippen LogP contribution is 2.28. The molecule has 0 aliphatic carbocycles. The van der Waals surface area contributed by atoms with Crippen LogP contribution in [0.15, 0.2) is 18.2 Å². The topological polar surface area (TPSA) is 48.0 Å². The fourth-order valence-electron chi connectivity index (χ4n) is 2.72. The number of carbonyl (C=O) groups is 1. The smallest absolute Gasteiger partial charge is 0.222 e. The Morgan fingerprint density at radius 1 is 1.32 bits per heavy atom. The first-order valence-corrected chi connectivity index (χ1v) is 7.73. The van der Waals surface area contributed by atoms with E-state index in [1.165, 1.54) is 0 Å². The Morgan fingerprint density at radius 3 is 2.77 bits per heavy atom. The van der Waals surface area contributed by atoms with E-state index in [4.69, 9.17) is 14.2 Å². The van der Waals surface area contributed by atoms with Crippen molar-refractivity contribution in [3.05, 3.63) is 23.8 Å². The van der Waals surface area contributed by atoms with Gasteiger partial charge in [0, 0.05) is 13.0 Å². The molecule has 0 bridgehead atoms. The minimum atomic E-state index is 0.183. The second-order valence-corrected chi connectivity index (χ2v) is 5.55. The lowest BCUT2D eigenvalue weighted by molar-refractivity contribution is -0.139. The maximum atomic E-state index is 12.2. The van der Waals surface area contributed by atoms with Gasteiger partial charge in [-0.25, -0.2) is 0 Å². The molecule has 0 radical (unpaired) electrons. The van der Waals surface area contributed by atoms with Gasteiger partial charge in [0.15, 0.2) is 11.5 Å². The molecule has 5 nitrogen and oxygen atoms in total. The van der Waals surface area contributed by atoms with E-state index in [1.54, 1.807) is 14.2 Å². The van der Waals surface area contributed by atoms with Gasteiger partial charge in [0.2, 0.25) is 5.91 Å². The van der Waals surface area contributed by atoms with Gasteiger partial charge in [0.25, 0.3) is 0 Å². The van der Waals surface area contributed by atoms with Crippen molar-refractivity contribution in [2.24, 2.45) is 0 Å². The monoisotopic (exact) mass is 307 g/mol. The van der Waals surface area contributed by atoms with Gasteiger partial charge in [-0.3, -0.25) is 4.79 Å². The van der Waals surface area contributed by atoms with Crippen LogP contribution in [0.5, 0.6) is 11.5 Å². The van der Waals surface area contributed by atoms with Crippen molar-refractivity contribution in [1.82, 2.24) is 4.90 Å². The van der Waals surface area contributed by atoms with E-state index in [9.17, 15) is 4.79 Å². The van der Waals surface area contributed by atoms with Gasteiger partial charge >= 0.3 is 0 Å². The van der Waals surface area contributed by atoms with Crippen molar-refractivity contribution < 1.29 is 19.0 Å². The molecule has 1 amide bonds. The van der Waals surface area contributed by atoms with E-state index in [0.717, 1.165) is 29.9 Å². The molecule has 1 heterocycles. The number of ether oxygens (including phenoxy) is 3. The molecule has 2 rings (SSSR count).